The summed E-state index contributed by atoms with van der Waals surface area (Å²) in [4.78, 5) is 4.93. The smallest absolute Gasteiger partial charge is 0.123 e. The van der Waals surface area contributed by atoms with Gasteiger partial charge >= 0.3 is 0 Å². The highest BCUT2D eigenvalue weighted by Gasteiger charge is 2.22. The van der Waals surface area contributed by atoms with Crippen LogP contribution in [0.2, 0.25) is 0 Å². The number of nitrogens with one attached hydrogen (secondary N) is 1. The topological polar surface area (TPSA) is 18.5 Å². The maximum Gasteiger partial charge on any atom is 0.123 e. The van der Waals surface area contributed by atoms with Crippen LogP contribution in [0.25, 0.3) is 0 Å². The van der Waals surface area contributed by atoms with Crippen molar-refractivity contribution >= 4 is 0 Å². The first kappa shape index (κ1) is 16.4. The second-order valence-electron chi connectivity index (χ2n) is 6.10. The van der Waals surface area contributed by atoms with E-state index < -0.39 is 0 Å². The van der Waals surface area contributed by atoms with Crippen LogP contribution in [0, 0.1) is 5.82 Å². The van der Waals surface area contributed by atoms with Gasteiger partial charge in [-0.1, -0.05) is 19.1 Å². The van der Waals surface area contributed by atoms with Gasteiger partial charge < -0.3 is 10.2 Å². The number of nitrogens with zero attached hydrogens (tertiary/aromatic N) is 2. The van der Waals surface area contributed by atoms with Gasteiger partial charge in [-0.2, -0.15) is 0 Å². The zero-order valence-electron chi connectivity index (χ0n) is 13.5. The molecule has 0 amide bonds. The summed E-state index contributed by atoms with van der Waals surface area (Å²) in [6.07, 6.45) is 1.02. The lowest BCUT2D eigenvalue weighted by atomic mass is 10.0. The molecule has 1 aromatic carbocycles. The molecule has 2 rings (SSSR count). The van der Waals surface area contributed by atoms with Crippen molar-refractivity contribution in [2.75, 3.05) is 39.8 Å². The summed E-state index contributed by atoms with van der Waals surface area (Å²) in [7, 11) is 2.18. The molecule has 0 spiro atoms. The van der Waals surface area contributed by atoms with Crippen LogP contribution < -0.4 is 5.32 Å². The molecule has 1 aromatic rings. The van der Waals surface area contributed by atoms with Crippen molar-refractivity contribution in [2.45, 2.75) is 32.4 Å². The van der Waals surface area contributed by atoms with Crippen LogP contribution in [0.4, 0.5) is 4.39 Å². The Morgan fingerprint density at radius 3 is 2.86 bits per heavy atom. The molecule has 0 aromatic heterocycles. The number of likely N-dealkylation sites (N-methyl/N-ethyl adjacent to an activating group) is 1. The Kier molecular flexibility index (Phi) is 6.15. The molecule has 1 aliphatic heterocycles. The highest BCUT2D eigenvalue weighted by atomic mass is 19.1. The number of hydrogen-bond donors (Lipinski definition) is 1. The summed E-state index contributed by atoms with van der Waals surface area (Å²) in [5.74, 6) is -0.150. The Labute approximate surface area is 128 Å². The molecule has 118 valence electrons. The Morgan fingerprint density at radius 1 is 1.38 bits per heavy atom. The molecule has 0 bridgehead atoms. The molecule has 1 aliphatic rings. The normalized spacial score (nSPS) is 22.4. The van der Waals surface area contributed by atoms with Gasteiger partial charge in [-0.3, -0.25) is 4.90 Å². The van der Waals surface area contributed by atoms with Crippen LogP contribution in [0.1, 0.15) is 31.9 Å². The van der Waals surface area contributed by atoms with Gasteiger partial charge in [0.2, 0.25) is 0 Å². The lowest BCUT2D eigenvalue weighted by molar-refractivity contribution is 0.0961. The summed E-state index contributed by atoms with van der Waals surface area (Å²) >= 11 is 0. The zero-order chi connectivity index (χ0) is 15.2. The van der Waals surface area contributed by atoms with E-state index in [1.54, 1.807) is 12.1 Å². The summed E-state index contributed by atoms with van der Waals surface area (Å²) < 4.78 is 13.4. The van der Waals surface area contributed by atoms with Gasteiger partial charge in [-0.15, -0.1) is 0 Å². The quantitative estimate of drug-likeness (QED) is 0.869. The van der Waals surface area contributed by atoms with E-state index in [4.69, 9.17) is 0 Å². The van der Waals surface area contributed by atoms with E-state index in [0.717, 1.165) is 44.7 Å². The molecular formula is C17H28FN3. The molecule has 2 atom stereocenters. The Bertz CT molecular complexity index is 438. The predicted molar refractivity (Wildman–Crippen MR) is 86.0 cm³/mol. The molecule has 0 saturated carbocycles. The summed E-state index contributed by atoms with van der Waals surface area (Å²) in [6.45, 7) is 9.75. The molecule has 0 aliphatic carbocycles. The van der Waals surface area contributed by atoms with Crippen LogP contribution >= 0.6 is 0 Å². The second-order valence-corrected chi connectivity index (χ2v) is 6.10. The third-order valence-corrected chi connectivity index (χ3v) is 4.37. The zero-order valence-corrected chi connectivity index (χ0v) is 13.5. The first-order valence-corrected chi connectivity index (χ1v) is 8.01. The lowest BCUT2D eigenvalue weighted by Crippen LogP contribution is -2.50. The Balaban J connectivity index is 1.94. The molecule has 1 heterocycles. The van der Waals surface area contributed by atoms with Crippen LogP contribution in [-0.4, -0.2) is 55.6 Å². The SMILES string of the molecule is CCNC(CCN1CCN(C)CC1C)c1cccc(F)c1. The maximum atomic E-state index is 13.4. The predicted octanol–water partition coefficient (Wildman–Crippen LogP) is 2.50. The highest BCUT2D eigenvalue weighted by molar-refractivity contribution is 5.20. The molecule has 1 fully saturated rings. The van der Waals surface area contributed by atoms with Crippen molar-refractivity contribution in [3.63, 3.8) is 0 Å². The number of rotatable bonds is 6. The van der Waals surface area contributed by atoms with Crippen LogP contribution in [0.15, 0.2) is 24.3 Å². The number of halogens is 1. The van der Waals surface area contributed by atoms with Gasteiger partial charge in [0.25, 0.3) is 0 Å². The summed E-state index contributed by atoms with van der Waals surface area (Å²) in [5.41, 5.74) is 1.05. The third-order valence-electron chi connectivity index (χ3n) is 4.37. The van der Waals surface area contributed by atoms with Crippen molar-refractivity contribution in [1.29, 1.82) is 0 Å². The Hall–Kier alpha value is -0.970. The van der Waals surface area contributed by atoms with Gasteiger partial charge in [0.15, 0.2) is 0 Å². The average molecular weight is 293 g/mol. The van der Waals surface area contributed by atoms with Crippen LogP contribution in [-0.2, 0) is 0 Å². The van der Waals surface area contributed by atoms with Crippen molar-refractivity contribution in [3.8, 4) is 0 Å². The highest BCUT2D eigenvalue weighted by Crippen LogP contribution is 2.19. The van der Waals surface area contributed by atoms with Crippen molar-refractivity contribution < 1.29 is 4.39 Å². The van der Waals surface area contributed by atoms with Gasteiger partial charge in [0, 0.05) is 38.3 Å². The Morgan fingerprint density at radius 2 is 2.19 bits per heavy atom. The van der Waals surface area contributed by atoms with Gasteiger partial charge in [0.05, 0.1) is 0 Å². The van der Waals surface area contributed by atoms with E-state index in [2.05, 4.69) is 36.0 Å². The van der Waals surface area contributed by atoms with Crippen molar-refractivity contribution in [1.82, 2.24) is 15.1 Å². The lowest BCUT2D eigenvalue weighted by Gasteiger charge is -2.38. The fourth-order valence-corrected chi connectivity index (χ4v) is 3.16. The number of hydrogen-bond acceptors (Lipinski definition) is 3. The molecule has 21 heavy (non-hydrogen) atoms. The van der Waals surface area contributed by atoms with Gasteiger partial charge in [-0.25, -0.2) is 4.39 Å². The van der Waals surface area contributed by atoms with E-state index in [9.17, 15) is 4.39 Å². The number of piperazine rings is 1. The molecular weight excluding hydrogens is 265 g/mol. The first-order chi connectivity index (χ1) is 10.1. The number of benzene rings is 1. The van der Waals surface area contributed by atoms with E-state index >= 15 is 0 Å². The first-order valence-electron chi connectivity index (χ1n) is 8.01. The molecule has 1 N–H and O–H groups in total. The molecule has 2 unspecified atom stereocenters. The second kappa shape index (κ2) is 7.87. The maximum absolute atomic E-state index is 13.4. The van der Waals surface area contributed by atoms with E-state index in [-0.39, 0.29) is 11.9 Å². The molecule has 1 saturated heterocycles. The van der Waals surface area contributed by atoms with Crippen LogP contribution in [0.5, 0.6) is 0 Å². The van der Waals surface area contributed by atoms with Crippen molar-refractivity contribution in [2.24, 2.45) is 0 Å². The molecule has 0 radical (unpaired) electrons. The van der Waals surface area contributed by atoms with Crippen molar-refractivity contribution in [3.05, 3.63) is 35.6 Å². The summed E-state index contributed by atoms with van der Waals surface area (Å²) in [5, 5.41) is 3.49. The average Bonchev–Trinajstić information content (AvgIpc) is 2.45. The van der Waals surface area contributed by atoms with E-state index in [0.29, 0.717) is 6.04 Å². The van der Waals surface area contributed by atoms with Gasteiger partial charge in [0.1, 0.15) is 5.82 Å². The van der Waals surface area contributed by atoms with E-state index in [1.165, 1.54) is 6.07 Å². The fourth-order valence-electron chi connectivity index (χ4n) is 3.16. The molecule has 4 heteroatoms. The standard InChI is InChI=1S/C17H28FN3/c1-4-19-17(15-6-5-7-16(18)12-15)8-9-21-11-10-20(3)13-14(21)2/h5-7,12,14,17,19H,4,8-11,13H2,1-3H3. The minimum Gasteiger partial charge on any atom is -0.310 e. The van der Waals surface area contributed by atoms with E-state index in [1.807, 2.05) is 6.07 Å². The van der Waals surface area contributed by atoms with Gasteiger partial charge in [-0.05, 0) is 44.6 Å². The minimum atomic E-state index is -0.150. The molecule has 3 nitrogen and oxygen atoms in total. The van der Waals surface area contributed by atoms with Crippen LogP contribution in [0.3, 0.4) is 0 Å². The summed E-state index contributed by atoms with van der Waals surface area (Å²) in [6, 6.07) is 7.81. The minimum absolute atomic E-state index is 0.150. The third kappa shape index (κ3) is 4.77. The largest absolute Gasteiger partial charge is 0.310 e. The monoisotopic (exact) mass is 293 g/mol. The fraction of sp³-hybridized carbons (Fsp3) is 0.647.